The first-order chi connectivity index (χ1) is 13.5. The highest BCUT2D eigenvalue weighted by Gasteiger charge is 2.39. The molecule has 0 bridgehead atoms. The second kappa shape index (κ2) is 8.05. The summed E-state index contributed by atoms with van der Waals surface area (Å²) in [6.07, 6.45) is -4.16. The van der Waals surface area contributed by atoms with E-state index in [9.17, 15) is 30.0 Å². The van der Waals surface area contributed by atoms with Gasteiger partial charge in [0, 0.05) is 6.04 Å². The molecule has 11 heteroatoms. The van der Waals surface area contributed by atoms with Crippen LogP contribution in [0, 0.1) is 0 Å². The fourth-order valence-electron chi connectivity index (χ4n) is 3.09. The highest BCUT2D eigenvalue weighted by molar-refractivity contribution is 7.91. The van der Waals surface area contributed by atoms with Crippen LogP contribution in [0.15, 0.2) is 63.2 Å². The molecule has 29 heavy (non-hydrogen) atoms. The third-order valence-electron chi connectivity index (χ3n) is 4.57. The standard InChI is InChI=1S/C18H19F3N2O4S2/c19-18(20,21)16-12-15(28(24,25)14-4-2-1-3-5-14)6-7-17(16)29(26,27)23-13-8-10-22-11-9-13/h1-7,12-13,22-23H,8-11H2. The lowest BCUT2D eigenvalue weighted by Gasteiger charge is -2.24. The molecule has 0 radical (unpaired) electrons. The zero-order valence-corrected chi connectivity index (χ0v) is 16.7. The molecule has 0 aromatic heterocycles. The van der Waals surface area contributed by atoms with Gasteiger partial charge in [-0.05, 0) is 56.3 Å². The van der Waals surface area contributed by atoms with Crippen LogP contribution in [-0.4, -0.2) is 36.0 Å². The molecule has 1 heterocycles. The van der Waals surface area contributed by atoms with Crippen molar-refractivity contribution < 1.29 is 30.0 Å². The van der Waals surface area contributed by atoms with E-state index in [2.05, 4.69) is 10.0 Å². The lowest BCUT2D eigenvalue weighted by molar-refractivity contribution is -0.140. The summed E-state index contributed by atoms with van der Waals surface area (Å²) in [4.78, 5) is -1.80. The lowest BCUT2D eigenvalue weighted by Crippen LogP contribution is -2.43. The van der Waals surface area contributed by atoms with E-state index in [0.717, 1.165) is 6.07 Å². The largest absolute Gasteiger partial charge is 0.417 e. The van der Waals surface area contributed by atoms with Crippen LogP contribution in [0.4, 0.5) is 13.2 Å². The van der Waals surface area contributed by atoms with E-state index in [1.165, 1.54) is 24.3 Å². The molecule has 0 spiro atoms. The predicted octanol–water partition coefficient (Wildman–Crippen LogP) is 2.57. The zero-order chi connectivity index (χ0) is 21.3. The molecular weight excluding hydrogens is 429 g/mol. The van der Waals surface area contributed by atoms with Gasteiger partial charge in [-0.2, -0.15) is 13.2 Å². The van der Waals surface area contributed by atoms with Crippen LogP contribution in [0.3, 0.4) is 0 Å². The Labute approximate surface area is 167 Å². The van der Waals surface area contributed by atoms with Crippen molar-refractivity contribution in [1.82, 2.24) is 10.0 Å². The molecule has 0 atom stereocenters. The van der Waals surface area contributed by atoms with Crippen molar-refractivity contribution in [3.8, 4) is 0 Å². The first-order valence-electron chi connectivity index (χ1n) is 8.76. The number of hydrogen-bond donors (Lipinski definition) is 2. The summed E-state index contributed by atoms with van der Waals surface area (Å²) < 4.78 is 93.7. The van der Waals surface area contributed by atoms with Gasteiger partial charge in [0.05, 0.1) is 20.2 Å². The topological polar surface area (TPSA) is 92.3 Å². The summed E-state index contributed by atoms with van der Waals surface area (Å²) >= 11 is 0. The molecule has 2 N–H and O–H groups in total. The van der Waals surface area contributed by atoms with Gasteiger partial charge in [0.15, 0.2) is 0 Å². The molecule has 1 fully saturated rings. The van der Waals surface area contributed by atoms with E-state index in [0.29, 0.717) is 38.1 Å². The number of halogens is 3. The number of rotatable bonds is 5. The maximum absolute atomic E-state index is 13.6. The van der Waals surface area contributed by atoms with Crippen LogP contribution in [-0.2, 0) is 26.0 Å². The van der Waals surface area contributed by atoms with Crippen molar-refractivity contribution in [2.75, 3.05) is 13.1 Å². The predicted molar refractivity (Wildman–Crippen MR) is 99.6 cm³/mol. The maximum atomic E-state index is 13.6. The molecule has 2 aromatic carbocycles. The van der Waals surface area contributed by atoms with Gasteiger partial charge < -0.3 is 5.32 Å². The van der Waals surface area contributed by atoms with E-state index in [4.69, 9.17) is 0 Å². The van der Waals surface area contributed by atoms with E-state index in [1.807, 2.05) is 0 Å². The van der Waals surface area contributed by atoms with Gasteiger partial charge in [0.2, 0.25) is 19.9 Å². The Bertz CT molecular complexity index is 1080. The number of piperidine rings is 1. The summed E-state index contributed by atoms with van der Waals surface area (Å²) in [6, 6.07) is 8.43. The van der Waals surface area contributed by atoms with Gasteiger partial charge >= 0.3 is 6.18 Å². The second-order valence-corrected chi connectivity index (χ2v) is 10.2. The van der Waals surface area contributed by atoms with Crippen LogP contribution in [0.25, 0.3) is 0 Å². The quantitative estimate of drug-likeness (QED) is 0.734. The van der Waals surface area contributed by atoms with Crippen molar-refractivity contribution in [3.63, 3.8) is 0 Å². The monoisotopic (exact) mass is 448 g/mol. The normalized spacial score (nSPS) is 16.7. The number of hydrogen-bond acceptors (Lipinski definition) is 5. The third-order valence-corrected chi connectivity index (χ3v) is 7.92. The van der Waals surface area contributed by atoms with Gasteiger partial charge in [-0.1, -0.05) is 18.2 Å². The summed E-state index contributed by atoms with van der Waals surface area (Å²) in [7, 11) is -8.73. The second-order valence-electron chi connectivity index (χ2n) is 6.62. The first-order valence-corrected chi connectivity index (χ1v) is 11.7. The molecule has 158 valence electrons. The van der Waals surface area contributed by atoms with Crippen molar-refractivity contribution in [3.05, 3.63) is 54.1 Å². The van der Waals surface area contributed by atoms with Gasteiger partial charge in [0.1, 0.15) is 0 Å². The Kier molecular flexibility index (Phi) is 6.04. The summed E-state index contributed by atoms with van der Waals surface area (Å²) in [5.41, 5.74) is -1.52. The number of sulfonamides is 1. The molecule has 1 aliphatic heterocycles. The fourth-order valence-corrected chi connectivity index (χ4v) is 5.91. The molecule has 0 aliphatic carbocycles. The Balaban J connectivity index is 2.05. The van der Waals surface area contributed by atoms with Crippen LogP contribution < -0.4 is 10.0 Å². The molecule has 0 saturated carbocycles. The minimum absolute atomic E-state index is 0.184. The van der Waals surface area contributed by atoms with Crippen molar-refractivity contribution in [1.29, 1.82) is 0 Å². The molecular formula is C18H19F3N2O4S2. The van der Waals surface area contributed by atoms with Gasteiger partial charge in [-0.3, -0.25) is 0 Å². The summed E-state index contributed by atoms with van der Waals surface area (Å²) in [5.74, 6) is 0. The number of alkyl halides is 3. The zero-order valence-electron chi connectivity index (χ0n) is 15.1. The minimum atomic E-state index is -5.06. The van der Waals surface area contributed by atoms with Crippen LogP contribution in [0.2, 0.25) is 0 Å². The molecule has 3 rings (SSSR count). The number of nitrogens with one attached hydrogen (secondary N) is 2. The van der Waals surface area contributed by atoms with E-state index in [1.54, 1.807) is 6.07 Å². The first kappa shape index (κ1) is 21.8. The van der Waals surface area contributed by atoms with Crippen molar-refractivity contribution in [2.24, 2.45) is 0 Å². The summed E-state index contributed by atoms with van der Waals surface area (Å²) in [6.45, 7) is 1.10. The fraction of sp³-hybridized carbons (Fsp3) is 0.333. The average molecular weight is 448 g/mol. The molecule has 2 aromatic rings. The minimum Gasteiger partial charge on any atom is -0.317 e. The van der Waals surface area contributed by atoms with E-state index in [-0.39, 0.29) is 4.90 Å². The average Bonchev–Trinajstić information content (AvgIpc) is 2.68. The Morgan fingerprint density at radius 1 is 0.897 bits per heavy atom. The van der Waals surface area contributed by atoms with Gasteiger partial charge in [0.25, 0.3) is 0 Å². The third kappa shape index (κ3) is 4.80. The highest BCUT2D eigenvalue weighted by atomic mass is 32.2. The molecule has 1 saturated heterocycles. The van der Waals surface area contributed by atoms with Gasteiger partial charge in [-0.25, -0.2) is 21.6 Å². The molecule has 6 nitrogen and oxygen atoms in total. The SMILES string of the molecule is O=S(=O)(NC1CCNCC1)c1ccc(S(=O)(=O)c2ccccc2)cc1C(F)(F)F. The van der Waals surface area contributed by atoms with Crippen molar-refractivity contribution >= 4 is 19.9 Å². The maximum Gasteiger partial charge on any atom is 0.417 e. The van der Waals surface area contributed by atoms with Crippen LogP contribution in [0.5, 0.6) is 0 Å². The number of sulfone groups is 1. The Morgan fingerprint density at radius 2 is 1.52 bits per heavy atom. The Hall–Kier alpha value is -1.95. The smallest absolute Gasteiger partial charge is 0.317 e. The number of benzene rings is 2. The van der Waals surface area contributed by atoms with Crippen LogP contribution >= 0.6 is 0 Å². The molecule has 0 unspecified atom stereocenters. The van der Waals surface area contributed by atoms with E-state index < -0.39 is 47.4 Å². The van der Waals surface area contributed by atoms with E-state index >= 15 is 0 Å². The Morgan fingerprint density at radius 3 is 2.10 bits per heavy atom. The van der Waals surface area contributed by atoms with Gasteiger partial charge in [-0.15, -0.1) is 0 Å². The molecule has 1 aliphatic rings. The van der Waals surface area contributed by atoms with Crippen LogP contribution in [0.1, 0.15) is 18.4 Å². The summed E-state index contributed by atoms with van der Waals surface area (Å²) in [5, 5.41) is 3.03. The van der Waals surface area contributed by atoms with Crippen molar-refractivity contribution in [2.45, 2.75) is 39.7 Å². The highest BCUT2D eigenvalue weighted by Crippen LogP contribution is 2.36. The lowest BCUT2D eigenvalue weighted by atomic mass is 10.1. The molecule has 0 amide bonds.